The van der Waals surface area contributed by atoms with Crippen LogP contribution in [0.5, 0.6) is 5.88 Å². The summed E-state index contributed by atoms with van der Waals surface area (Å²) in [5.74, 6) is -1.01. The van der Waals surface area contributed by atoms with Gasteiger partial charge in [-0.3, -0.25) is 4.79 Å². The van der Waals surface area contributed by atoms with Gasteiger partial charge in [-0.15, -0.1) is 0 Å². The number of hydrogen-bond acceptors (Lipinski definition) is 6. The number of hydrogen-bond donors (Lipinski definition) is 0. The van der Waals surface area contributed by atoms with E-state index >= 15 is 0 Å². The van der Waals surface area contributed by atoms with Gasteiger partial charge in [-0.05, 0) is 78.0 Å². The van der Waals surface area contributed by atoms with E-state index in [0.717, 1.165) is 23.6 Å². The molecule has 0 N–H and O–H groups in total. The topological polar surface area (TPSA) is 66.9 Å². The lowest BCUT2D eigenvalue weighted by Gasteiger charge is -2.32. The van der Waals surface area contributed by atoms with E-state index in [1.165, 1.54) is 6.07 Å². The summed E-state index contributed by atoms with van der Waals surface area (Å²) in [6.45, 7) is 13.0. The number of esters is 1. The van der Waals surface area contributed by atoms with Crippen LogP contribution in [-0.4, -0.2) is 34.9 Å². The zero-order valence-corrected chi connectivity index (χ0v) is 21.8. The van der Waals surface area contributed by atoms with Crippen LogP contribution in [0.4, 0.5) is 8.78 Å². The number of fused-ring (bicyclic) bond motifs is 3. The lowest BCUT2D eigenvalue weighted by atomic mass is 9.78. The lowest BCUT2D eigenvalue weighted by Crippen LogP contribution is -2.41. The highest BCUT2D eigenvalue weighted by molar-refractivity contribution is 6.62. The molecule has 2 fully saturated rings. The van der Waals surface area contributed by atoms with Crippen LogP contribution in [0.15, 0.2) is 24.4 Å². The van der Waals surface area contributed by atoms with Gasteiger partial charge in [0, 0.05) is 35.3 Å². The molecule has 6 nitrogen and oxygen atoms in total. The van der Waals surface area contributed by atoms with Crippen LogP contribution in [0.25, 0.3) is 0 Å². The number of carbonyl (C=O) groups excluding carboxylic acids is 1. The second kappa shape index (κ2) is 8.25. The summed E-state index contributed by atoms with van der Waals surface area (Å²) in [6.07, 6.45) is 2.48. The minimum atomic E-state index is -0.947. The van der Waals surface area contributed by atoms with Crippen LogP contribution in [0.1, 0.15) is 71.1 Å². The molecule has 0 radical (unpaired) electrons. The van der Waals surface area contributed by atoms with Gasteiger partial charge in [0.05, 0.1) is 17.1 Å². The van der Waals surface area contributed by atoms with Crippen molar-refractivity contribution in [1.82, 2.24) is 4.98 Å². The molecular formula is C27H32BF2NO5. The summed E-state index contributed by atoms with van der Waals surface area (Å²) in [5.41, 5.74) is 0.621. The molecule has 9 heteroatoms. The van der Waals surface area contributed by atoms with Crippen molar-refractivity contribution in [3.8, 4) is 5.88 Å². The lowest BCUT2D eigenvalue weighted by molar-refractivity contribution is -0.157. The van der Waals surface area contributed by atoms with Crippen LogP contribution in [-0.2, 0) is 31.9 Å². The number of nitrogens with zero attached hydrogens (tertiary/aromatic N) is 1. The molecule has 0 spiro atoms. The third-order valence-electron chi connectivity index (χ3n) is 7.71. The van der Waals surface area contributed by atoms with Gasteiger partial charge in [0.1, 0.15) is 23.8 Å². The Bertz CT molecular complexity index is 1210. The average molecular weight is 499 g/mol. The number of benzene rings is 1. The highest BCUT2D eigenvalue weighted by Crippen LogP contribution is 2.62. The van der Waals surface area contributed by atoms with Crippen molar-refractivity contribution in [3.63, 3.8) is 0 Å². The molecule has 0 bridgehead atoms. The monoisotopic (exact) mass is 499 g/mol. The Labute approximate surface area is 210 Å². The van der Waals surface area contributed by atoms with Gasteiger partial charge < -0.3 is 18.8 Å². The Balaban J connectivity index is 1.27. The molecule has 2 heterocycles. The molecule has 1 aliphatic heterocycles. The smallest absolute Gasteiger partial charge is 0.473 e. The maximum Gasteiger partial charge on any atom is 0.497 e. The van der Waals surface area contributed by atoms with Crippen molar-refractivity contribution in [2.75, 3.05) is 0 Å². The van der Waals surface area contributed by atoms with Gasteiger partial charge in [-0.1, -0.05) is 0 Å². The Morgan fingerprint density at radius 2 is 1.78 bits per heavy atom. The molecule has 0 amide bonds. The quantitative estimate of drug-likeness (QED) is 0.447. The molecule has 1 saturated carbocycles. The fourth-order valence-electron chi connectivity index (χ4n) is 5.06. The Kier molecular flexibility index (Phi) is 5.76. The fourth-order valence-corrected chi connectivity index (χ4v) is 5.06. The fraction of sp³-hybridized carbons (Fsp3) is 0.556. The van der Waals surface area contributed by atoms with Gasteiger partial charge in [-0.2, -0.15) is 0 Å². The Hall–Kier alpha value is -2.52. The van der Waals surface area contributed by atoms with Gasteiger partial charge in [0.15, 0.2) is 0 Å². The van der Waals surface area contributed by atoms with Crippen LogP contribution in [0.3, 0.4) is 0 Å². The first-order chi connectivity index (χ1) is 16.7. The van der Waals surface area contributed by atoms with Crippen molar-refractivity contribution < 1.29 is 32.4 Å². The molecular weight excluding hydrogens is 467 g/mol. The number of pyridine rings is 1. The highest BCUT2D eigenvalue weighted by Gasteiger charge is 2.61. The van der Waals surface area contributed by atoms with Crippen molar-refractivity contribution in [2.24, 2.45) is 11.8 Å². The van der Waals surface area contributed by atoms with E-state index in [1.807, 2.05) is 54.5 Å². The van der Waals surface area contributed by atoms with Crippen LogP contribution in [0, 0.1) is 23.5 Å². The van der Waals surface area contributed by atoms with E-state index in [1.54, 1.807) is 6.20 Å². The Morgan fingerprint density at radius 3 is 2.42 bits per heavy atom. The van der Waals surface area contributed by atoms with Gasteiger partial charge >= 0.3 is 13.1 Å². The second-order valence-corrected chi connectivity index (χ2v) is 12.0. The highest BCUT2D eigenvalue weighted by atomic mass is 19.1. The second-order valence-electron chi connectivity index (χ2n) is 12.0. The van der Waals surface area contributed by atoms with E-state index in [4.69, 9.17) is 18.8 Å². The van der Waals surface area contributed by atoms with E-state index in [2.05, 4.69) is 4.98 Å². The minimum absolute atomic E-state index is 0.119. The summed E-state index contributed by atoms with van der Waals surface area (Å²) in [4.78, 5) is 16.8. The first-order valence-electron chi connectivity index (χ1n) is 12.3. The average Bonchev–Trinajstić information content (AvgIpc) is 3.25. The molecule has 2 aliphatic carbocycles. The van der Waals surface area contributed by atoms with Crippen molar-refractivity contribution >= 4 is 18.6 Å². The number of halogens is 2. The summed E-state index contributed by atoms with van der Waals surface area (Å²) in [6, 6.07) is 4.06. The number of rotatable bonds is 5. The molecule has 1 aromatic carbocycles. The maximum absolute atomic E-state index is 14.6. The molecule has 1 saturated heterocycles. The molecule has 3 unspecified atom stereocenters. The summed E-state index contributed by atoms with van der Waals surface area (Å²) in [5, 5.41) is 0. The summed E-state index contributed by atoms with van der Waals surface area (Å²) >= 11 is 0. The predicted molar refractivity (Wildman–Crippen MR) is 130 cm³/mol. The first kappa shape index (κ1) is 25.1. The summed E-state index contributed by atoms with van der Waals surface area (Å²) in [7, 11) is -0.947. The number of carbonyl (C=O) groups is 1. The normalized spacial score (nSPS) is 25.4. The summed E-state index contributed by atoms with van der Waals surface area (Å²) < 4.78 is 52.4. The molecule has 36 heavy (non-hydrogen) atoms. The van der Waals surface area contributed by atoms with E-state index < -0.39 is 35.6 Å². The molecule has 1 aromatic heterocycles. The maximum atomic E-state index is 14.6. The standard InChI is InChI=1S/C27H32BF2NO5/c1-25(2,3)34-24(32)23-16-8-14-10-21(31-12-17(14)22(16)23)33-13-15-9-18(20(30)11-19(15)29)28-35-26(4,5)27(6,7)36-28/h9-12,16,22-23H,8,13H2,1-7H3. The van der Waals surface area contributed by atoms with Crippen LogP contribution < -0.4 is 10.2 Å². The first-order valence-corrected chi connectivity index (χ1v) is 12.3. The third-order valence-corrected chi connectivity index (χ3v) is 7.71. The molecule has 192 valence electrons. The predicted octanol–water partition coefficient (Wildman–Crippen LogP) is 4.47. The zero-order valence-electron chi connectivity index (χ0n) is 21.8. The molecule has 3 aliphatic rings. The third kappa shape index (κ3) is 4.41. The van der Waals surface area contributed by atoms with Crippen molar-refractivity contribution in [1.29, 1.82) is 0 Å². The molecule has 2 aromatic rings. The molecule has 3 atom stereocenters. The van der Waals surface area contributed by atoms with E-state index in [0.29, 0.717) is 5.88 Å². The largest absolute Gasteiger partial charge is 0.497 e. The number of ether oxygens (including phenoxy) is 2. The van der Waals surface area contributed by atoms with Gasteiger partial charge in [0.2, 0.25) is 5.88 Å². The van der Waals surface area contributed by atoms with Crippen molar-refractivity contribution in [2.45, 2.75) is 84.2 Å². The van der Waals surface area contributed by atoms with Crippen LogP contribution in [0.2, 0.25) is 0 Å². The van der Waals surface area contributed by atoms with Crippen molar-refractivity contribution in [3.05, 3.63) is 52.7 Å². The molecule has 5 rings (SSSR count). The Morgan fingerprint density at radius 1 is 1.11 bits per heavy atom. The van der Waals surface area contributed by atoms with Gasteiger partial charge in [0.25, 0.3) is 0 Å². The SMILES string of the molecule is CC(C)(C)OC(=O)C1C2Cc3cc(OCc4cc(B5OC(C)(C)C(C)(C)O5)c(F)cc4F)ncc3C21. The zero-order chi connectivity index (χ0) is 26.2. The minimum Gasteiger partial charge on any atom is -0.473 e. The number of aromatic nitrogens is 1. The van der Waals surface area contributed by atoms with Crippen LogP contribution >= 0.6 is 0 Å². The van der Waals surface area contributed by atoms with E-state index in [9.17, 15) is 13.6 Å². The van der Waals surface area contributed by atoms with Gasteiger partial charge in [-0.25, -0.2) is 13.8 Å². The van der Waals surface area contributed by atoms with E-state index in [-0.39, 0.29) is 41.4 Å².